The summed E-state index contributed by atoms with van der Waals surface area (Å²) in [4.78, 5) is 7.44. The average Bonchev–Trinajstić information content (AvgIpc) is 2.62. The number of nitrogens with two attached hydrogens (primary N) is 1. The zero-order chi connectivity index (χ0) is 13.1. The van der Waals surface area contributed by atoms with E-state index in [1.54, 1.807) is 11.3 Å². The summed E-state index contributed by atoms with van der Waals surface area (Å²) in [6, 6.07) is 0. The van der Waals surface area contributed by atoms with Crippen LogP contribution in [0.3, 0.4) is 0 Å². The molecule has 0 aliphatic rings. The van der Waals surface area contributed by atoms with Crippen LogP contribution in [0.1, 0.15) is 37.9 Å². The van der Waals surface area contributed by atoms with E-state index >= 15 is 0 Å². The molecule has 3 nitrogen and oxygen atoms in total. The van der Waals surface area contributed by atoms with Gasteiger partial charge in [0.05, 0.1) is 17.2 Å². The summed E-state index contributed by atoms with van der Waals surface area (Å²) in [6.07, 6.45) is 0.767. The van der Waals surface area contributed by atoms with Crippen LogP contribution in [0, 0.1) is 0 Å². The second-order valence-electron chi connectivity index (χ2n) is 5.33. The molecule has 2 N–H and O–H groups in total. The molecule has 1 heterocycles. The van der Waals surface area contributed by atoms with E-state index < -0.39 is 0 Å². The van der Waals surface area contributed by atoms with Gasteiger partial charge in [-0.05, 0) is 7.05 Å². The Morgan fingerprint density at radius 2 is 2.18 bits per heavy atom. The molecule has 1 aromatic heterocycles. The van der Waals surface area contributed by atoms with Crippen molar-refractivity contribution in [3.05, 3.63) is 16.1 Å². The van der Waals surface area contributed by atoms with Gasteiger partial charge >= 0.3 is 0 Å². The van der Waals surface area contributed by atoms with E-state index in [0.29, 0.717) is 4.99 Å². The standard InChI is InChI=1S/C12H21N3S2/c1-12(2,3)9-8-17-11(14-9)7-15(4)6-5-10(13)16/h8H,5-7H2,1-4H3,(H2,13,16). The van der Waals surface area contributed by atoms with Crippen molar-refractivity contribution in [1.82, 2.24) is 9.88 Å². The minimum atomic E-state index is 0.131. The van der Waals surface area contributed by atoms with Crippen molar-refractivity contribution in [3.8, 4) is 0 Å². The fourth-order valence-electron chi connectivity index (χ4n) is 1.34. The van der Waals surface area contributed by atoms with Gasteiger partial charge in [0.2, 0.25) is 0 Å². The molecule has 0 spiro atoms. The molecule has 0 bridgehead atoms. The summed E-state index contributed by atoms with van der Waals surface area (Å²) >= 11 is 6.59. The van der Waals surface area contributed by atoms with Crippen LogP contribution in [0.5, 0.6) is 0 Å². The Morgan fingerprint density at radius 1 is 1.53 bits per heavy atom. The summed E-state index contributed by atoms with van der Waals surface area (Å²) in [5.41, 5.74) is 6.79. The van der Waals surface area contributed by atoms with Crippen molar-refractivity contribution < 1.29 is 0 Å². The average molecular weight is 271 g/mol. The minimum absolute atomic E-state index is 0.131. The van der Waals surface area contributed by atoms with E-state index in [1.807, 2.05) is 0 Å². The second kappa shape index (κ2) is 5.89. The van der Waals surface area contributed by atoms with Crippen LogP contribution in [0.4, 0.5) is 0 Å². The molecule has 1 aromatic rings. The van der Waals surface area contributed by atoms with Crippen LogP contribution in [-0.2, 0) is 12.0 Å². The predicted octanol–water partition coefficient (Wildman–Crippen LogP) is 2.55. The van der Waals surface area contributed by atoms with Crippen molar-refractivity contribution in [2.75, 3.05) is 13.6 Å². The van der Waals surface area contributed by atoms with Gasteiger partial charge in [0.1, 0.15) is 5.01 Å². The molecule has 96 valence electrons. The molecule has 17 heavy (non-hydrogen) atoms. The lowest BCUT2D eigenvalue weighted by atomic mass is 9.93. The maximum Gasteiger partial charge on any atom is 0.107 e. The first kappa shape index (κ1) is 14.5. The van der Waals surface area contributed by atoms with Crippen molar-refractivity contribution in [1.29, 1.82) is 0 Å². The van der Waals surface area contributed by atoms with Crippen molar-refractivity contribution in [3.63, 3.8) is 0 Å². The zero-order valence-corrected chi connectivity index (χ0v) is 12.6. The minimum Gasteiger partial charge on any atom is -0.393 e. The molecule has 0 unspecified atom stereocenters. The lowest BCUT2D eigenvalue weighted by Crippen LogP contribution is -2.23. The van der Waals surface area contributed by atoms with Gasteiger partial charge in [0.15, 0.2) is 0 Å². The monoisotopic (exact) mass is 271 g/mol. The smallest absolute Gasteiger partial charge is 0.107 e. The van der Waals surface area contributed by atoms with Gasteiger partial charge in [-0.1, -0.05) is 33.0 Å². The highest BCUT2D eigenvalue weighted by molar-refractivity contribution is 7.80. The van der Waals surface area contributed by atoms with Gasteiger partial charge in [0.25, 0.3) is 0 Å². The van der Waals surface area contributed by atoms with Crippen molar-refractivity contribution in [2.45, 2.75) is 39.2 Å². The molecule has 0 fully saturated rings. The van der Waals surface area contributed by atoms with Crippen LogP contribution in [0.2, 0.25) is 0 Å². The Kier molecular flexibility index (Phi) is 5.04. The van der Waals surface area contributed by atoms with Gasteiger partial charge in [-0.2, -0.15) is 0 Å². The first-order chi connectivity index (χ1) is 7.79. The Labute approximate surface area is 113 Å². The van der Waals surface area contributed by atoms with E-state index in [4.69, 9.17) is 18.0 Å². The molecule has 1 rings (SSSR count). The van der Waals surface area contributed by atoms with Crippen LogP contribution in [-0.4, -0.2) is 28.5 Å². The molecular weight excluding hydrogens is 250 g/mol. The molecular formula is C12H21N3S2. The largest absolute Gasteiger partial charge is 0.393 e. The van der Waals surface area contributed by atoms with E-state index in [1.165, 1.54) is 5.69 Å². The van der Waals surface area contributed by atoms with E-state index in [9.17, 15) is 0 Å². The molecule has 0 aromatic carbocycles. The predicted molar refractivity (Wildman–Crippen MR) is 78.6 cm³/mol. The van der Waals surface area contributed by atoms with Gasteiger partial charge in [-0.3, -0.25) is 4.90 Å². The lowest BCUT2D eigenvalue weighted by Gasteiger charge is -2.16. The fourth-order valence-corrected chi connectivity index (χ4v) is 2.53. The maximum absolute atomic E-state index is 5.49. The fraction of sp³-hybridized carbons (Fsp3) is 0.667. The molecule has 0 aliphatic carbocycles. The number of hydrogen-bond acceptors (Lipinski definition) is 4. The number of hydrogen-bond donors (Lipinski definition) is 1. The first-order valence-electron chi connectivity index (χ1n) is 5.71. The lowest BCUT2D eigenvalue weighted by molar-refractivity contribution is 0.336. The van der Waals surface area contributed by atoms with E-state index in [-0.39, 0.29) is 5.41 Å². The van der Waals surface area contributed by atoms with E-state index in [0.717, 1.165) is 24.5 Å². The number of aromatic nitrogens is 1. The van der Waals surface area contributed by atoms with E-state index in [2.05, 4.69) is 43.1 Å². The zero-order valence-electron chi connectivity index (χ0n) is 11.0. The van der Waals surface area contributed by atoms with Crippen LogP contribution in [0.15, 0.2) is 5.38 Å². The Bertz CT molecular complexity index is 379. The van der Waals surface area contributed by atoms with Crippen molar-refractivity contribution >= 4 is 28.5 Å². The third-order valence-electron chi connectivity index (χ3n) is 2.47. The number of nitrogens with zero attached hydrogens (tertiary/aromatic N) is 2. The van der Waals surface area contributed by atoms with Crippen LogP contribution >= 0.6 is 23.6 Å². The van der Waals surface area contributed by atoms with Crippen LogP contribution in [0.25, 0.3) is 0 Å². The molecule has 0 saturated heterocycles. The quantitative estimate of drug-likeness (QED) is 0.836. The topological polar surface area (TPSA) is 42.1 Å². The van der Waals surface area contributed by atoms with Gasteiger partial charge in [0, 0.05) is 23.8 Å². The molecule has 0 aliphatic heterocycles. The normalized spacial score (nSPS) is 12.1. The Balaban J connectivity index is 2.52. The first-order valence-corrected chi connectivity index (χ1v) is 6.99. The molecule has 0 saturated carbocycles. The highest BCUT2D eigenvalue weighted by Crippen LogP contribution is 2.24. The Hall–Kier alpha value is -0.520. The molecule has 0 amide bonds. The SMILES string of the molecule is CN(CCC(N)=S)Cc1nc(C(C)(C)C)cs1. The summed E-state index contributed by atoms with van der Waals surface area (Å²) in [5.74, 6) is 0. The van der Waals surface area contributed by atoms with Crippen molar-refractivity contribution in [2.24, 2.45) is 5.73 Å². The summed E-state index contributed by atoms with van der Waals surface area (Å²) in [5, 5.41) is 3.30. The second-order valence-corrected chi connectivity index (χ2v) is 6.80. The van der Waals surface area contributed by atoms with Gasteiger partial charge in [-0.25, -0.2) is 4.98 Å². The van der Waals surface area contributed by atoms with Crippen LogP contribution < -0.4 is 5.73 Å². The molecule has 0 radical (unpaired) electrons. The number of thiocarbonyl (C=S) groups is 1. The summed E-state index contributed by atoms with van der Waals surface area (Å²) in [7, 11) is 2.07. The summed E-state index contributed by atoms with van der Waals surface area (Å²) in [6.45, 7) is 8.30. The van der Waals surface area contributed by atoms with Gasteiger partial charge < -0.3 is 5.73 Å². The number of thiazole rings is 1. The molecule has 0 atom stereocenters. The van der Waals surface area contributed by atoms with Gasteiger partial charge in [-0.15, -0.1) is 11.3 Å². The Morgan fingerprint density at radius 3 is 2.65 bits per heavy atom. The maximum atomic E-state index is 5.49. The highest BCUT2D eigenvalue weighted by Gasteiger charge is 2.17. The molecule has 5 heteroatoms. The third kappa shape index (κ3) is 5.10. The summed E-state index contributed by atoms with van der Waals surface area (Å²) < 4.78 is 0. The highest BCUT2D eigenvalue weighted by atomic mass is 32.1. The number of rotatable bonds is 5. The third-order valence-corrected chi connectivity index (χ3v) is 3.50.